The largest absolute Gasteiger partial charge is 0.458 e. The van der Waals surface area contributed by atoms with Crippen molar-refractivity contribution in [3.63, 3.8) is 0 Å². The molecule has 0 radical (unpaired) electrons. The highest BCUT2D eigenvalue weighted by molar-refractivity contribution is 5.67. The van der Waals surface area contributed by atoms with Crippen LogP contribution in [0.5, 0.6) is 0 Å². The number of carbonyl (C=O) groups excluding carboxylic acids is 2. The van der Waals surface area contributed by atoms with E-state index in [1.165, 1.54) is 25.8 Å². The Kier molecular flexibility index (Phi) is 4.84. The molecule has 28 heavy (non-hydrogen) atoms. The SMILES string of the molecule is C#C[C@]1(OC(C)=O)CCC2C3CCC4=C[C@@H](OC(C)=O)CC[C@@H]4C3CC[C@@]21C. The van der Waals surface area contributed by atoms with Crippen LogP contribution in [0.1, 0.15) is 72.1 Å². The molecular formula is C24H32O4. The smallest absolute Gasteiger partial charge is 0.304 e. The van der Waals surface area contributed by atoms with E-state index in [0.717, 1.165) is 44.9 Å². The molecule has 152 valence electrons. The molecule has 0 aliphatic heterocycles. The lowest BCUT2D eigenvalue weighted by Gasteiger charge is -2.55. The number of esters is 2. The zero-order chi connectivity index (χ0) is 20.1. The number of rotatable bonds is 2. The molecule has 0 bridgehead atoms. The van der Waals surface area contributed by atoms with Gasteiger partial charge in [0.1, 0.15) is 6.10 Å². The van der Waals surface area contributed by atoms with Crippen LogP contribution in [0.3, 0.4) is 0 Å². The van der Waals surface area contributed by atoms with Crippen molar-refractivity contribution in [2.45, 2.75) is 83.8 Å². The number of fused-ring (bicyclic) bond motifs is 5. The van der Waals surface area contributed by atoms with E-state index in [2.05, 4.69) is 18.9 Å². The van der Waals surface area contributed by atoms with E-state index >= 15 is 0 Å². The van der Waals surface area contributed by atoms with Crippen LogP contribution in [0.4, 0.5) is 0 Å². The van der Waals surface area contributed by atoms with Crippen LogP contribution in [0.2, 0.25) is 0 Å². The van der Waals surface area contributed by atoms with Crippen molar-refractivity contribution in [2.75, 3.05) is 0 Å². The van der Waals surface area contributed by atoms with Crippen LogP contribution in [0.15, 0.2) is 11.6 Å². The molecule has 4 nitrogen and oxygen atoms in total. The fourth-order valence-corrected chi connectivity index (χ4v) is 7.28. The maximum atomic E-state index is 11.8. The second kappa shape index (κ2) is 6.94. The lowest BCUT2D eigenvalue weighted by atomic mass is 9.50. The topological polar surface area (TPSA) is 52.6 Å². The van der Waals surface area contributed by atoms with Crippen LogP contribution in [0.25, 0.3) is 0 Å². The first-order valence-electron chi connectivity index (χ1n) is 10.8. The summed E-state index contributed by atoms with van der Waals surface area (Å²) in [5.74, 6) is 4.94. The van der Waals surface area contributed by atoms with Gasteiger partial charge < -0.3 is 9.47 Å². The van der Waals surface area contributed by atoms with E-state index in [4.69, 9.17) is 15.9 Å². The van der Waals surface area contributed by atoms with Crippen molar-refractivity contribution in [3.8, 4) is 12.3 Å². The standard InChI is InChI=1S/C24H32O4/c1-5-24(28-16(3)26)13-11-22-21-8-6-17-14-18(27-15(2)25)7-9-19(17)20(21)10-12-23(22,24)4/h1,14,18-22H,6-13H2,2-4H3/t18-,19-,20?,21?,22?,23-,24-/m0/s1. The monoisotopic (exact) mass is 384 g/mol. The molecule has 3 saturated carbocycles. The summed E-state index contributed by atoms with van der Waals surface area (Å²) in [6.07, 6.45) is 16.5. The predicted molar refractivity (Wildman–Crippen MR) is 106 cm³/mol. The van der Waals surface area contributed by atoms with Gasteiger partial charge in [-0.25, -0.2) is 0 Å². The Morgan fingerprint density at radius 1 is 1.07 bits per heavy atom. The minimum atomic E-state index is -0.739. The quantitative estimate of drug-likeness (QED) is 0.402. The number of carbonyl (C=O) groups is 2. The fraction of sp³-hybridized carbons (Fsp3) is 0.750. The Labute approximate surface area is 168 Å². The molecule has 0 N–H and O–H groups in total. The Morgan fingerprint density at radius 2 is 1.86 bits per heavy atom. The fourth-order valence-electron chi connectivity index (χ4n) is 7.28. The molecule has 0 saturated heterocycles. The van der Waals surface area contributed by atoms with Gasteiger partial charge in [0, 0.05) is 19.3 Å². The van der Waals surface area contributed by atoms with Crippen LogP contribution in [-0.4, -0.2) is 23.6 Å². The van der Waals surface area contributed by atoms with E-state index in [1.54, 1.807) is 0 Å². The van der Waals surface area contributed by atoms with Gasteiger partial charge in [0.15, 0.2) is 5.60 Å². The second-order valence-electron chi connectivity index (χ2n) is 9.61. The molecule has 4 aliphatic rings. The summed E-state index contributed by atoms with van der Waals surface area (Å²) < 4.78 is 11.3. The second-order valence-corrected chi connectivity index (χ2v) is 9.61. The van der Waals surface area contributed by atoms with E-state index in [9.17, 15) is 9.59 Å². The molecule has 3 fully saturated rings. The van der Waals surface area contributed by atoms with Crippen LogP contribution in [-0.2, 0) is 19.1 Å². The zero-order valence-electron chi connectivity index (χ0n) is 17.3. The average molecular weight is 385 g/mol. The summed E-state index contributed by atoms with van der Waals surface area (Å²) >= 11 is 0. The molecular weight excluding hydrogens is 352 g/mol. The highest BCUT2D eigenvalue weighted by Crippen LogP contribution is 2.65. The summed E-state index contributed by atoms with van der Waals surface area (Å²) in [6, 6.07) is 0. The summed E-state index contributed by atoms with van der Waals surface area (Å²) in [7, 11) is 0. The summed E-state index contributed by atoms with van der Waals surface area (Å²) in [5.41, 5.74) is 0.644. The molecule has 0 amide bonds. The van der Waals surface area contributed by atoms with Gasteiger partial charge >= 0.3 is 11.9 Å². The highest BCUT2D eigenvalue weighted by atomic mass is 16.6. The van der Waals surface area contributed by atoms with Crippen LogP contribution >= 0.6 is 0 Å². The Morgan fingerprint density at radius 3 is 2.54 bits per heavy atom. The van der Waals surface area contributed by atoms with E-state index in [0.29, 0.717) is 23.7 Å². The number of terminal acetylenes is 1. The van der Waals surface area contributed by atoms with Crippen molar-refractivity contribution in [1.82, 2.24) is 0 Å². The third kappa shape index (κ3) is 2.90. The minimum Gasteiger partial charge on any atom is -0.458 e. The molecule has 4 aliphatic carbocycles. The van der Waals surface area contributed by atoms with Gasteiger partial charge in [-0.1, -0.05) is 18.4 Å². The molecule has 0 aromatic carbocycles. The molecule has 4 heteroatoms. The average Bonchev–Trinajstić information content (AvgIpc) is 2.93. The molecule has 0 aromatic heterocycles. The van der Waals surface area contributed by atoms with E-state index in [1.807, 2.05) is 0 Å². The first-order chi connectivity index (χ1) is 13.3. The van der Waals surface area contributed by atoms with Crippen molar-refractivity contribution in [1.29, 1.82) is 0 Å². The highest BCUT2D eigenvalue weighted by Gasteiger charge is 2.64. The lowest BCUT2D eigenvalue weighted by Crippen LogP contribution is -2.53. The third-order valence-electron chi connectivity index (χ3n) is 8.40. The van der Waals surface area contributed by atoms with Gasteiger partial charge in [-0.3, -0.25) is 9.59 Å². The first-order valence-corrected chi connectivity index (χ1v) is 10.8. The summed E-state index contributed by atoms with van der Waals surface area (Å²) in [6.45, 7) is 5.23. The van der Waals surface area contributed by atoms with Gasteiger partial charge in [0.2, 0.25) is 0 Å². The Bertz CT molecular complexity index is 746. The maximum Gasteiger partial charge on any atom is 0.304 e. The number of hydrogen-bond acceptors (Lipinski definition) is 4. The van der Waals surface area contributed by atoms with Crippen molar-refractivity contribution in [2.24, 2.45) is 29.1 Å². The molecule has 0 heterocycles. The molecule has 3 unspecified atom stereocenters. The van der Waals surface area contributed by atoms with Gasteiger partial charge in [0.05, 0.1) is 0 Å². The minimum absolute atomic E-state index is 0.0429. The maximum absolute atomic E-state index is 11.8. The van der Waals surface area contributed by atoms with Crippen molar-refractivity contribution in [3.05, 3.63) is 11.6 Å². The van der Waals surface area contributed by atoms with Gasteiger partial charge in [0.25, 0.3) is 0 Å². The predicted octanol–water partition coefficient (Wildman–Crippen LogP) is 4.43. The normalized spacial score (nSPS) is 44.2. The van der Waals surface area contributed by atoms with E-state index < -0.39 is 5.60 Å². The molecule has 0 aromatic rings. The molecule has 0 spiro atoms. The lowest BCUT2D eigenvalue weighted by molar-refractivity contribution is -0.167. The number of allylic oxidation sites excluding steroid dienone is 1. The van der Waals surface area contributed by atoms with Crippen LogP contribution in [0, 0.1) is 41.4 Å². The third-order valence-corrected chi connectivity index (χ3v) is 8.40. The Balaban J connectivity index is 1.57. The number of ether oxygens (including phenoxy) is 2. The first kappa shape index (κ1) is 19.6. The number of hydrogen-bond donors (Lipinski definition) is 0. The van der Waals surface area contributed by atoms with Gasteiger partial charge in [-0.2, -0.15) is 0 Å². The van der Waals surface area contributed by atoms with Crippen LogP contribution < -0.4 is 0 Å². The van der Waals surface area contributed by atoms with Crippen molar-refractivity contribution < 1.29 is 19.1 Å². The van der Waals surface area contributed by atoms with Crippen molar-refractivity contribution >= 4 is 11.9 Å². The summed E-state index contributed by atoms with van der Waals surface area (Å²) in [5, 5.41) is 0. The molecule has 4 rings (SSSR count). The van der Waals surface area contributed by atoms with E-state index in [-0.39, 0.29) is 23.5 Å². The molecule has 7 atom stereocenters. The summed E-state index contributed by atoms with van der Waals surface area (Å²) in [4.78, 5) is 23.1. The Hall–Kier alpha value is -1.76. The zero-order valence-corrected chi connectivity index (χ0v) is 17.3. The van der Waals surface area contributed by atoms with Gasteiger partial charge in [-0.05, 0) is 81.1 Å². The van der Waals surface area contributed by atoms with Gasteiger partial charge in [-0.15, -0.1) is 6.42 Å².